The van der Waals surface area contributed by atoms with Gasteiger partial charge in [-0.15, -0.1) is 0 Å². The van der Waals surface area contributed by atoms with Gasteiger partial charge in [0.05, 0.1) is 0 Å². The van der Waals surface area contributed by atoms with Gasteiger partial charge < -0.3 is 9.55 Å². The number of aryl methyl sites for hydroxylation is 1. The highest BCUT2D eigenvalue weighted by atomic mass is 35.5. The maximum atomic E-state index is 5.94. The molecule has 4 rings (SSSR count). The number of aromatic amines is 1. The first kappa shape index (κ1) is 14.8. The van der Waals surface area contributed by atoms with E-state index in [4.69, 9.17) is 16.6 Å². The molecule has 4 aromatic rings. The zero-order valence-electron chi connectivity index (χ0n) is 13.1. The van der Waals surface area contributed by atoms with Gasteiger partial charge in [0.25, 0.3) is 0 Å². The van der Waals surface area contributed by atoms with Crippen molar-refractivity contribution in [3.05, 3.63) is 59.4 Å². The summed E-state index contributed by atoms with van der Waals surface area (Å²) in [4.78, 5) is 21.1. The average molecular weight is 339 g/mol. The molecule has 0 aliphatic rings. The number of rotatable bonds is 4. The monoisotopic (exact) mass is 338 g/mol. The molecule has 7 heteroatoms. The number of nitrogens with zero attached hydrogens (tertiary/aromatic N) is 5. The third kappa shape index (κ3) is 2.65. The van der Waals surface area contributed by atoms with Gasteiger partial charge in [0, 0.05) is 31.1 Å². The number of imidazole rings is 2. The third-order valence-electron chi connectivity index (χ3n) is 3.83. The molecule has 0 unspecified atom stereocenters. The first-order valence-electron chi connectivity index (χ1n) is 7.71. The fourth-order valence-corrected chi connectivity index (χ4v) is 2.93. The van der Waals surface area contributed by atoms with Crippen molar-refractivity contribution in [2.75, 3.05) is 0 Å². The Balaban J connectivity index is 1.67. The molecule has 6 nitrogen and oxygen atoms in total. The lowest BCUT2D eigenvalue weighted by Crippen LogP contribution is -2.03. The predicted octanol–water partition coefficient (Wildman–Crippen LogP) is 3.48. The van der Waals surface area contributed by atoms with Gasteiger partial charge in [-0.2, -0.15) is 0 Å². The minimum Gasteiger partial charge on any atom is -0.340 e. The second-order valence-corrected chi connectivity index (χ2v) is 5.79. The average Bonchev–Trinajstić information content (AvgIpc) is 3.19. The molecular weight excluding hydrogens is 324 g/mol. The van der Waals surface area contributed by atoms with Gasteiger partial charge in [-0.05, 0) is 31.2 Å². The van der Waals surface area contributed by atoms with Crippen molar-refractivity contribution in [3.8, 4) is 11.5 Å². The second kappa shape index (κ2) is 6.05. The summed E-state index contributed by atoms with van der Waals surface area (Å²) < 4.78 is 2.12. The van der Waals surface area contributed by atoms with E-state index in [-0.39, 0.29) is 0 Å². The van der Waals surface area contributed by atoms with Crippen LogP contribution in [0.5, 0.6) is 0 Å². The van der Waals surface area contributed by atoms with Crippen molar-refractivity contribution in [1.82, 2.24) is 29.5 Å². The molecule has 0 aliphatic heterocycles. The van der Waals surface area contributed by atoms with Crippen LogP contribution >= 0.6 is 11.6 Å². The molecule has 0 atom stereocenters. The SMILES string of the molecule is CCn1c(Cc2cnc(-c3cccc(Cl)n3)[nH]2)nc2cccnc21. The lowest BCUT2D eigenvalue weighted by atomic mass is 10.3. The molecule has 0 saturated heterocycles. The van der Waals surface area contributed by atoms with Crippen LogP contribution in [0.1, 0.15) is 18.4 Å². The van der Waals surface area contributed by atoms with Crippen LogP contribution in [-0.2, 0) is 13.0 Å². The summed E-state index contributed by atoms with van der Waals surface area (Å²) >= 11 is 5.94. The summed E-state index contributed by atoms with van der Waals surface area (Å²) in [6.07, 6.45) is 4.25. The number of fused-ring (bicyclic) bond motifs is 1. The van der Waals surface area contributed by atoms with E-state index < -0.39 is 0 Å². The Morgan fingerprint density at radius 1 is 1.12 bits per heavy atom. The highest BCUT2D eigenvalue weighted by Gasteiger charge is 2.13. The molecule has 0 aromatic carbocycles. The number of halogens is 1. The van der Waals surface area contributed by atoms with Gasteiger partial charge in [0.2, 0.25) is 0 Å². The molecular formula is C17H15ClN6. The quantitative estimate of drug-likeness (QED) is 0.578. The molecule has 4 aromatic heterocycles. The van der Waals surface area contributed by atoms with E-state index in [1.54, 1.807) is 12.3 Å². The molecule has 0 aliphatic carbocycles. The molecule has 0 saturated carbocycles. The molecule has 0 amide bonds. The molecule has 4 heterocycles. The van der Waals surface area contributed by atoms with Crippen molar-refractivity contribution in [2.45, 2.75) is 19.9 Å². The minimum atomic E-state index is 0.448. The van der Waals surface area contributed by atoms with Gasteiger partial charge in [-0.3, -0.25) is 0 Å². The van der Waals surface area contributed by atoms with Crippen LogP contribution in [0, 0.1) is 0 Å². The highest BCUT2D eigenvalue weighted by molar-refractivity contribution is 6.29. The summed E-state index contributed by atoms with van der Waals surface area (Å²) in [6, 6.07) is 9.35. The van der Waals surface area contributed by atoms with Crippen LogP contribution < -0.4 is 0 Å². The Bertz CT molecular complexity index is 1000. The highest BCUT2D eigenvalue weighted by Crippen LogP contribution is 2.19. The molecule has 1 N–H and O–H groups in total. The molecule has 24 heavy (non-hydrogen) atoms. The van der Waals surface area contributed by atoms with Crippen LogP contribution in [0.15, 0.2) is 42.7 Å². The molecule has 0 bridgehead atoms. The normalized spacial score (nSPS) is 11.2. The van der Waals surface area contributed by atoms with Gasteiger partial charge in [0.1, 0.15) is 22.2 Å². The Kier molecular flexibility index (Phi) is 3.74. The van der Waals surface area contributed by atoms with Gasteiger partial charge in [-0.25, -0.2) is 19.9 Å². The van der Waals surface area contributed by atoms with Gasteiger partial charge in [0.15, 0.2) is 11.5 Å². The van der Waals surface area contributed by atoms with Crippen molar-refractivity contribution in [1.29, 1.82) is 0 Å². The lowest BCUT2D eigenvalue weighted by Gasteiger charge is -2.03. The van der Waals surface area contributed by atoms with Gasteiger partial charge in [-0.1, -0.05) is 17.7 Å². The molecule has 120 valence electrons. The van der Waals surface area contributed by atoms with Crippen molar-refractivity contribution in [2.24, 2.45) is 0 Å². The summed E-state index contributed by atoms with van der Waals surface area (Å²) in [5, 5.41) is 0.448. The topological polar surface area (TPSA) is 72.3 Å². The standard InChI is InChI=1S/C17H15ClN6/c1-2-24-15(23-13-6-4-8-19-17(13)24)9-11-10-20-16(21-11)12-5-3-7-14(18)22-12/h3-8,10H,2,9H2,1H3,(H,20,21). The van der Waals surface area contributed by atoms with Crippen molar-refractivity contribution < 1.29 is 0 Å². The number of pyridine rings is 2. The number of H-pyrrole nitrogens is 1. The van der Waals surface area contributed by atoms with E-state index in [1.807, 2.05) is 30.5 Å². The first-order valence-corrected chi connectivity index (χ1v) is 8.09. The smallest absolute Gasteiger partial charge is 0.159 e. The van der Waals surface area contributed by atoms with Gasteiger partial charge >= 0.3 is 0 Å². The van der Waals surface area contributed by atoms with E-state index in [9.17, 15) is 0 Å². The lowest BCUT2D eigenvalue weighted by molar-refractivity contribution is 0.723. The predicted molar refractivity (Wildman–Crippen MR) is 92.8 cm³/mol. The zero-order chi connectivity index (χ0) is 16.5. The van der Waals surface area contributed by atoms with E-state index in [2.05, 4.69) is 31.4 Å². The Morgan fingerprint density at radius 3 is 2.88 bits per heavy atom. The van der Waals surface area contributed by atoms with Crippen LogP contribution in [-0.4, -0.2) is 29.5 Å². The van der Waals surface area contributed by atoms with Crippen LogP contribution in [0.4, 0.5) is 0 Å². The zero-order valence-corrected chi connectivity index (χ0v) is 13.8. The summed E-state index contributed by atoms with van der Waals surface area (Å²) in [6.45, 7) is 2.91. The fourth-order valence-electron chi connectivity index (χ4n) is 2.76. The summed E-state index contributed by atoms with van der Waals surface area (Å²) in [7, 11) is 0. The maximum absolute atomic E-state index is 5.94. The fraction of sp³-hybridized carbons (Fsp3) is 0.176. The van der Waals surface area contributed by atoms with Crippen molar-refractivity contribution in [3.63, 3.8) is 0 Å². The van der Waals surface area contributed by atoms with Crippen LogP contribution in [0.25, 0.3) is 22.7 Å². The number of hydrogen-bond acceptors (Lipinski definition) is 4. The molecule has 0 spiro atoms. The molecule has 0 radical (unpaired) electrons. The Morgan fingerprint density at radius 2 is 2.04 bits per heavy atom. The largest absolute Gasteiger partial charge is 0.340 e. The van der Waals surface area contributed by atoms with Crippen molar-refractivity contribution >= 4 is 22.8 Å². The Labute approximate surface area is 143 Å². The molecule has 0 fully saturated rings. The minimum absolute atomic E-state index is 0.448. The van der Waals surface area contributed by atoms with E-state index in [1.165, 1.54) is 0 Å². The summed E-state index contributed by atoms with van der Waals surface area (Å²) in [5.74, 6) is 1.66. The first-order chi connectivity index (χ1) is 11.7. The number of aromatic nitrogens is 6. The van der Waals surface area contributed by atoms with E-state index in [0.29, 0.717) is 17.4 Å². The maximum Gasteiger partial charge on any atom is 0.159 e. The third-order valence-corrected chi connectivity index (χ3v) is 4.04. The summed E-state index contributed by atoms with van der Waals surface area (Å²) in [5.41, 5.74) is 3.51. The number of hydrogen-bond donors (Lipinski definition) is 1. The van der Waals surface area contributed by atoms with Crippen LogP contribution in [0.2, 0.25) is 5.15 Å². The Hall–Kier alpha value is -2.73. The second-order valence-electron chi connectivity index (χ2n) is 5.40. The van der Waals surface area contributed by atoms with Crippen LogP contribution in [0.3, 0.4) is 0 Å². The van der Waals surface area contributed by atoms with E-state index >= 15 is 0 Å². The number of nitrogens with one attached hydrogen (secondary N) is 1. The van der Waals surface area contributed by atoms with E-state index in [0.717, 1.165) is 34.9 Å².